The molecule has 1 heterocycles. The van der Waals surface area contributed by atoms with Crippen molar-refractivity contribution in [3.8, 4) is 0 Å². The molecule has 1 saturated heterocycles. The minimum absolute atomic E-state index is 0.0779. The van der Waals surface area contributed by atoms with Gasteiger partial charge in [0.1, 0.15) is 0 Å². The third-order valence-corrected chi connectivity index (χ3v) is 6.39. The van der Waals surface area contributed by atoms with Crippen molar-refractivity contribution in [1.29, 1.82) is 0 Å². The van der Waals surface area contributed by atoms with Crippen LogP contribution in [-0.4, -0.2) is 35.3 Å². The molecule has 0 spiro atoms. The first-order valence-electron chi connectivity index (χ1n) is 8.67. The molecule has 4 saturated carbocycles. The molecular weight excluding hydrogens is 264 g/mol. The molecular formula is C17H26N2O2. The average Bonchev–Trinajstić information content (AvgIpc) is 2.78. The van der Waals surface area contributed by atoms with Gasteiger partial charge in [0.2, 0.25) is 11.8 Å². The van der Waals surface area contributed by atoms with E-state index in [4.69, 9.17) is 0 Å². The van der Waals surface area contributed by atoms with E-state index in [9.17, 15) is 9.59 Å². The van der Waals surface area contributed by atoms with Crippen LogP contribution >= 0.6 is 0 Å². The third-order valence-electron chi connectivity index (χ3n) is 6.39. The van der Waals surface area contributed by atoms with Crippen LogP contribution in [0.3, 0.4) is 0 Å². The summed E-state index contributed by atoms with van der Waals surface area (Å²) in [6, 6.07) is 0. The van der Waals surface area contributed by atoms with E-state index in [1.807, 2.05) is 11.8 Å². The summed E-state index contributed by atoms with van der Waals surface area (Å²) in [5.41, 5.74) is 0.0779. The van der Waals surface area contributed by atoms with Gasteiger partial charge in [0.05, 0.1) is 5.92 Å². The van der Waals surface area contributed by atoms with E-state index in [1.54, 1.807) is 0 Å². The molecule has 4 aliphatic carbocycles. The van der Waals surface area contributed by atoms with Crippen molar-refractivity contribution in [1.82, 2.24) is 10.2 Å². The Morgan fingerprint density at radius 3 is 2.24 bits per heavy atom. The summed E-state index contributed by atoms with van der Waals surface area (Å²) in [7, 11) is 0. The fourth-order valence-corrected chi connectivity index (χ4v) is 5.88. The molecule has 0 aromatic heterocycles. The van der Waals surface area contributed by atoms with Crippen LogP contribution in [-0.2, 0) is 9.59 Å². The first-order chi connectivity index (χ1) is 10.1. The largest absolute Gasteiger partial charge is 0.350 e. The minimum atomic E-state index is -0.120. The highest BCUT2D eigenvalue weighted by atomic mass is 16.2. The van der Waals surface area contributed by atoms with Crippen LogP contribution < -0.4 is 5.32 Å². The van der Waals surface area contributed by atoms with Crippen molar-refractivity contribution in [2.45, 2.75) is 57.4 Å². The van der Waals surface area contributed by atoms with E-state index < -0.39 is 0 Å². The second-order valence-corrected chi connectivity index (χ2v) is 8.02. The van der Waals surface area contributed by atoms with E-state index in [1.165, 1.54) is 38.5 Å². The highest BCUT2D eigenvalue weighted by molar-refractivity contribution is 5.89. The van der Waals surface area contributed by atoms with Gasteiger partial charge in [-0.05, 0) is 63.2 Å². The Balaban J connectivity index is 1.44. The van der Waals surface area contributed by atoms with E-state index in [2.05, 4.69) is 5.32 Å². The summed E-state index contributed by atoms with van der Waals surface area (Å²) in [4.78, 5) is 26.3. The Morgan fingerprint density at radius 1 is 1.19 bits per heavy atom. The van der Waals surface area contributed by atoms with Gasteiger partial charge in [0.15, 0.2) is 0 Å². The number of carbonyl (C=O) groups is 2. The Bertz CT molecular complexity index is 438. The van der Waals surface area contributed by atoms with Crippen LogP contribution in [0.4, 0.5) is 0 Å². The number of rotatable bonds is 3. The van der Waals surface area contributed by atoms with Crippen molar-refractivity contribution >= 4 is 11.8 Å². The van der Waals surface area contributed by atoms with E-state index in [-0.39, 0.29) is 23.3 Å². The fourth-order valence-electron chi connectivity index (χ4n) is 5.88. The maximum atomic E-state index is 12.6. The maximum Gasteiger partial charge on any atom is 0.225 e. The highest BCUT2D eigenvalue weighted by Crippen LogP contribution is 2.55. The van der Waals surface area contributed by atoms with Crippen LogP contribution in [0, 0.1) is 23.7 Å². The van der Waals surface area contributed by atoms with Crippen molar-refractivity contribution < 1.29 is 9.59 Å². The van der Waals surface area contributed by atoms with Crippen LogP contribution in [0.5, 0.6) is 0 Å². The first kappa shape index (κ1) is 13.6. The lowest BCUT2D eigenvalue weighted by Gasteiger charge is -2.57. The Hall–Kier alpha value is -1.06. The molecule has 4 bridgehead atoms. The molecule has 0 aromatic carbocycles. The molecule has 5 fully saturated rings. The maximum absolute atomic E-state index is 12.6. The lowest BCUT2D eigenvalue weighted by molar-refractivity contribution is -0.131. The summed E-state index contributed by atoms with van der Waals surface area (Å²) in [6.07, 6.45) is 8.13. The lowest BCUT2D eigenvalue weighted by Crippen LogP contribution is -2.60. The van der Waals surface area contributed by atoms with Gasteiger partial charge in [-0.25, -0.2) is 0 Å². The molecule has 0 aromatic rings. The second-order valence-electron chi connectivity index (χ2n) is 8.02. The molecule has 1 atom stereocenters. The molecule has 4 nitrogen and oxygen atoms in total. The van der Waals surface area contributed by atoms with E-state index >= 15 is 0 Å². The SMILES string of the molecule is CCN1C[C@H](C(=O)NC23CC4CC(CC(C4)C2)C3)CC1=O. The number of nitrogens with one attached hydrogen (secondary N) is 1. The molecule has 5 rings (SSSR count). The molecule has 1 N–H and O–H groups in total. The quantitative estimate of drug-likeness (QED) is 0.863. The van der Waals surface area contributed by atoms with Crippen LogP contribution in [0.15, 0.2) is 0 Å². The van der Waals surface area contributed by atoms with Crippen LogP contribution in [0.2, 0.25) is 0 Å². The molecule has 21 heavy (non-hydrogen) atoms. The van der Waals surface area contributed by atoms with Crippen LogP contribution in [0.1, 0.15) is 51.9 Å². The van der Waals surface area contributed by atoms with Gasteiger partial charge in [-0.1, -0.05) is 0 Å². The Labute approximate surface area is 126 Å². The monoisotopic (exact) mass is 290 g/mol. The molecule has 116 valence electrons. The smallest absolute Gasteiger partial charge is 0.225 e. The van der Waals surface area contributed by atoms with E-state index in [0.29, 0.717) is 13.0 Å². The van der Waals surface area contributed by atoms with Gasteiger partial charge in [-0.2, -0.15) is 0 Å². The predicted molar refractivity (Wildman–Crippen MR) is 79.4 cm³/mol. The molecule has 0 radical (unpaired) electrons. The van der Waals surface area contributed by atoms with Gasteiger partial charge in [0, 0.05) is 25.0 Å². The van der Waals surface area contributed by atoms with Gasteiger partial charge in [-0.3, -0.25) is 9.59 Å². The summed E-state index contributed by atoms with van der Waals surface area (Å²) in [6.45, 7) is 3.32. The summed E-state index contributed by atoms with van der Waals surface area (Å²) < 4.78 is 0. The van der Waals surface area contributed by atoms with Gasteiger partial charge in [-0.15, -0.1) is 0 Å². The van der Waals surface area contributed by atoms with Crippen molar-refractivity contribution in [2.24, 2.45) is 23.7 Å². The molecule has 1 aliphatic heterocycles. The topological polar surface area (TPSA) is 49.4 Å². The Kier molecular flexibility index (Phi) is 3.05. The minimum Gasteiger partial charge on any atom is -0.350 e. The van der Waals surface area contributed by atoms with Crippen molar-refractivity contribution in [3.63, 3.8) is 0 Å². The number of nitrogens with zero attached hydrogens (tertiary/aromatic N) is 1. The number of amides is 2. The first-order valence-corrected chi connectivity index (χ1v) is 8.67. The predicted octanol–water partition coefficient (Wildman–Crippen LogP) is 1.94. The zero-order valence-electron chi connectivity index (χ0n) is 12.9. The number of hydrogen-bond donors (Lipinski definition) is 1. The lowest BCUT2D eigenvalue weighted by atomic mass is 9.53. The van der Waals surface area contributed by atoms with Gasteiger partial charge < -0.3 is 10.2 Å². The summed E-state index contributed by atoms with van der Waals surface area (Å²) in [5.74, 6) is 2.69. The summed E-state index contributed by atoms with van der Waals surface area (Å²) >= 11 is 0. The van der Waals surface area contributed by atoms with Crippen molar-refractivity contribution in [3.05, 3.63) is 0 Å². The van der Waals surface area contributed by atoms with Crippen LogP contribution in [0.25, 0.3) is 0 Å². The standard InChI is InChI=1S/C17H26N2O2/c1-2-19-10-14(6-15(19)20)16(21)18-17-7-11-3-12(8-17)5-13(4-11)9-17/h11-14H,2-10H2,1H3,(H,18,21)/t11?,12?,13?,14-,17?/m1/s1. The zero-order valence-corrected chi connectivity index (χ0v) is 12.9. The number of likely N-dealkylation sites (tertiary alicyclic amines) is 1. The highest BCUT2D eigenvalue weighted by Gasteiger charge is 2.52. The Morgan fingerprint density at radius 2 is 1.76 bits per heavy atom. The van der Waals surface area contributed by atoms with Gasteiger partial charge >= 0.3 is 0 Å². The second kappa shape index (κ2) is 4.72. The van der Waals surface area contributed by atoms with Crippen molar-refractivity contribution in [2.75, 3.05) is 13.1 Å². The normalized spacial score (nSPS) is 44.4. The molecule has 0 unspecified atom stereocenters. The van der Waals surface area contributed by atoms with E-state index in [0.717, 1.165) is 24.3 Å². The fraction of sp³-hybridized carbons (Fsp3) is 0.882. The number of carbonyl (C=O) groups excluding carboxylic acids is 2. The number of hydrogen-bond acceptors (Lipinski definition) is 2. The third kappa shape index (κ3) is 2.27. The average molecular weight is 290 g/mol. The zero-order chi connectivity index (χ0) is 14.6. The summed E-state index contributed by atoms with van der Waals surface area (Å²) in [5, 5.41) is 3.41. The molecule has 4 heteroatoms. The molecule has 5 aliphatic rings. The van der Waals surface area contributed by atoms with Gasteiger partial charge in [0.25, 0.3) is 0 Å². The molecule has 2 amide bonds.